The Morgan fingerprint density at radius 2 is 2.04 bits per heavy atom. The maximum Gasteiger partial charge on any atom is 0.325 e. The number of anilines is 1. The number of aromatic nitrogens is 4. The highest BCUT2D eigenvalue weighted by atomic mass is 19.1. The highest BCUT2D eigenvalue weighted by Crippen LogP contribution is 2.21. The molecule has 2 heterocycles. The number of hydrogen-bond acceptors (Lipinski definition) is 5. The number of carbonyl (C=O) groups excluding carboxylic acids is 1. The molecule has 0 spiro atoms. The molecule has 0 aliphatic rings. The standard InChI is InChI=1S/C18H18FN5O4/c1-11-17(21-18(27)15-6-7-20-23(15)9-16(25)26)12(2)24(22-11)10-28-14-5-3-4-13(19)8-14/h3-8H,9-10H2,1-2H3,(H,21,27)(H,25,26). The number of carboxylic acids is 1. The van der Waals surface area contributed by atoms with E-state index in [1.165, 1.54) is 35.1 Å². The van der Waals surface area contributed by atoms with Gasteiger partial charge in [-0.25, -0.2) is 13.8 Å². The van der Waals surface area contributed by atoms with Crippen molar-refractivity contribution in [1.82, 2.24) is 19.6 Å². The zero-order chi connectivity index (χ0) is 20.3. The highest BCUT2D eigenvalue weighted by molar-refractivity contribution is 6.03. The van der Waals surface area contributed by atoms with Crippen molar-refractivity contribution >= 4 is 17.6 Å². The average Bonchev–Trinajstić information content (AvgIpc) is 3.19. The lowest BCUT2D eigenvalue weighted by Gasteiger charge is -2.09. The summed E-state index contributed by atoms with van der Waals surface area (Å²) < 4.78 is 21.4. The van der Waals surface area contributed by atoms with Gasteiger partial charge in [0.2, 0.25) is 0 Å². The molecule has 3 aromatic rings. The van der Waals surface area contributed by atoms with E-state index in [4.69, 9.17) is 9.84 Å². The largest absolute Gasteiger partial charge is 0.480 e. The van der Waals surface area contributed by atoms with Crippen molar-refractivity contribution in [3.8, 4) is 5.75 Å². The Labute approximate surface area is 159 Å². The van der Waals surface area contributed by atoms with E-state index in [1.807, 2.05) is 0 Å². The zero-order valence-electron chi connectivity index (χ0n) is 15.2. The Balaban J connectivity index is 1.74. The van der Waals surface area contributed by atoms with Gasteiger partial charge in [-0.3, -0.25) is 9.59 Å². The van der Waals surface area contributed by atoms with Crippen LogP contribution in [-0.4, -0.2) is 36.5 Å². The first kappa shape index (κ1) is 19.1. The fraction of sp³-hybridized carbons (Fsp3) is 0.222. The molecule has 0 saturated carbocycles. The van der Waals surface area contributed by atoms with Crippen molar-refractivity contribution in [3.05, 3.63) is 59.4 Å². The Morgan fingerprint density at radius 3 is 2.75 bits per heavy atom. The van der Waals surface area contributed by atoms with Gasteiger partial charge in [-0.2, -0.15) is 10.2 Å². The number of carbonyl (C=O) groups is 2. The number of benzene rings is 1. The predicted octanol–water partition coefficient (Wildman–Crippen LogP) is 2.21. The van der Waals surface area contributed by atoms with Crippen LogP contribution in [-0.2, 0) is 18.1 Å². The number of carboxylic acid groups (broad SMARTS) is 1. The Bertz CT molecular complexity index is 1030. The van der Waals surface area contributed by atoms with Crippen LogP contribution >= 0.6 is 0 Å². The molecule has 0 bridgehead atoms. The molecule has 0 radical (unpaired) electrons. The highest BCUT2D eigenvalue weighted by Gasteiger charge is 2.19. The van der Waals surface area contributed by atoms with Crippen LogP contribution in [0.4, 0.5) is 10.1 Å². The lowest BCUT2D eigenvalue weighted by atomic mass is 10.3. The molecule has 3 rings (SSSR count). The smallest absolute Gasteiger partial charge is 0.325 e. The van der Waals surface area contributed by atoms with Crippen LogP contribution in [0.1, 0.15) is 21.9 Å². The van der Waals surface area contributed by atoms with Crippen molar-refractivity contribution in [3.63, 3.8) is 0 Å². The summed E-state index contributed by atoms with van der Waals surface area (Å²) >= 11 is 0. The van der Waals surface area contributed by atoms with E-state index >= 15 is 0 Å². The number of hydrogen-bond donors (Lipinski definition) is 2. The van der Waals surface area contributed by atoms with E-state index in [9.17, 15) is 14.0 Å². The van der Waals surface area contributed by atoms with Crippen LogP contribution in [0.3, 0.4) is 0 Å². The summed E-state index contributed by atoms with van der Waals surface area (Å²) in [7, 11) is 0. The fourth-order valence-electron chi connectivity index (χ4n) is 2.65. The zero-order valence-corrected chi connectivity index (χ0v) is 15.2. The van der Waals surface area contributed by atoms with Crippen molar-refractivity contribution in [2.75, 3.05) is 5.32 Å². The molecule has 2 aromatic heterocycles. The maximum atomic E-state index is 13.2. The van der Waals surface area contributed by atoms with Gasteiger partial charge in [0, 0.05) is 12.3 Å². The molecule has 0 aliphatic heterocycles. The van der Waals surface area contributed by atoms with E-state index < -0.39 is 24.2 Å². The molecule has 2 N–H and O–H groups in total. The third-order valence-corrected chi connectivity index (χ3v) is 4.00. The number of aliphatic carboxylic acids is 1. The summed E-state index contributed by atoms with van der Waals surface area (Å²) in [5, 5.41) is 19.8. The molecular weight excluding hydrogens is 369 g/mol. The van der Waals surface area contributed by atoms with E-state index in [2.05, 4.69) is 15.5 Å². The molecule has 28 heavy (non-hydrogen) atoms. The minimum atomic E-state index is -1.10. The second kappa shape index (κ2) is 7.91. The SMILES string of the molecule is Cc1nn(COc2cccc(F)c2)c(C)c1NC(=O)c1ccnn1CC(=O)O. The van der Waals surface area contributed by atoms with Gasteiger partial charge < -0.3 is 15.2 Å². The van der Waals surface area contributed by atoms with Crippen LogP contribution in [0.5, 0.6) is 5.75 Å². The summed E-state index contributed by atoms with van der Waals surface area (Å²) in [5.74, 6) is -1.66. The van der Waals surface area contributed by atoms with Crippen LogP contribution in [0, 0.1) is 19.7 Å². The molecule has 146 valence electrons. The Morgan fingerprint density at radius 1 is 1.25 bits per heavy atom. The van der Waals surface area contributed by atoms with Gasteiger partial charge in [-0.15, -0.1) is 0 Å². The van der Waals surface area contributed by atoms with Gasteiger partial charge in [0.1, 0.15) is 23.8 Å². The van der Waals surface area contributed by atoms with Crippen LogP contribution in [0.15, 0.2) is 36.5 Å². The van der Waals surface area contributed by atoms with E-state index in [0.29, 0.717) is 22.8 Å². The second-order valence-corrected chi connectivity index (χ2v) is 6.00. The minimum Gasteiger partial charge on any atom is -0.480 e. The molecule has 0 fully saturated rings. The average molecular weight is 387 g/mol. The molecule has 0 unspecified atom stereocenters. The maximum absolute atomic E-state index is 13.2. The van der Waals surface area contributed by atoms with E-state index in [0.717, 1.165) is 4.68 Å². The third kappa shape index (κ3) is 4.17. The summed E-state index contributed by atoms with van der Waals surface area (Å²) in [5.41, 5.74) is 1.78. The Hall–Kier alpha value is -3.69. The monoisotopic (exact) mass is 387 g/mol. The van der Waals surface area contributed by atoms with E-state index in [-0.39, 0.29) is 12.4 Å². The van der Waals surface area contributed by atoms with Gasteiger partial charge in [0.25, 0.3) is 5.91 Å². The van der Waals surface area contributed by atoms with Gasteiger partial charge in [-0.1, -0.05) is 6.07 Å². The van der Waals surface area contributed by atoms with Gasteiger partial charge in [0.05, 0.1) is 17.1 Å². The van der Waals surface area contributed by atoms with Crippen LogP contribution < -0.4 is 10.1 Å². The molecule has 1 aromatic carbocycles. The second-order valence-electron chi connectivity index (χ2n) is 6.00. The molecule has 0 saturated heterocycles. The predicted molar refractivity (Wildman–Crippen MR) is 96.5 cm³/mol. The minimum absolute atomic E-state index is 0.0307. The number of nitrogens with zero attached hydrogens (tertiary/aromatic N) is 4. The molecule has 0 aliphatic carbocycles. The molecule has 1 amide bonds. The van der Waals surface area contributed by atoms with Crippen molar-refractivity contribution in [2.24, 2.45) is 0 Å². The quantitative estimate of drug-likeness (QED) is 0.643. The lowest BCUT2D eigenvalue weighted by molar-refractivity contribution is -0.137. The number of ether oxygens (including phenoxy) is 1. The third-order valence-electron chi connectivity index (χ3n) is 4.00. The topological polar surface area (TPSA) is 111 Å². The molecule has 10 heteroatoms. The van der Waals surface area contributed by atoms with Crippen LogP contribution in [0.25, 0.3) is 0 Å². The number of aryl methyl sites for hydroxylation is 1. The van der Waals surface area contributed by atoms with Crippen molar-refractivity contribution < 1.29 is 23.8 Å². The summed E-state index contributed by atoms with van der Waals surface area (Å²) in [4.78, 5) is 23.4. The van der Waals surface area contributed by atoms with Crippen molar-refractivity contribution in [2.45, 2.75) is 27.1 Å². The molecule has 9 nitrogen and oxygen atoms in total. The van der Waals surface area contributed by atoms with Crippen molar-refractivity contribution in [1.29, 1.82) is 0 Å². The summed E-state index contributed by atoms with van der Waals surface area (Å²) in [6, 6.07) is 7.18. The Kier molecular flexibility index (Phi) is 5.39. The number of amides is 1. The first-order valence-electron chi connectivity index (χ1n) is 8.32. The first-order valence-corrected chi connectivity index (χ1v) is 8.32. The summed E-state index contributed by atoms with van der Waals surface area (Å²) in [6.45, 7) is 3.08. The lowest BCUT2D eigenvalue weighted by Crippen LogP contribution is -2.21. The number of rotatable bonds is 7. The van der Waals surface area contributed by atoms with Gasteiger partial charge in [-0.05, 0) is 32.0 Å². The summed E-state index contributed by atoms with van der Waals surface area (Å²) in [6.07, 6.45) is 1.35. The number of halogens is 1. The molecular formula is C18H18FN5O4. The van der Waals surface area contributed by atoms with E-state index in [1.54, 1.807) is 19.9 Å². The van der Waals surface area contributed by atoms with Gasteiger partial charge in [0.15, 0.2) is 6.73 Å². The van der Waals surface area contributed by atoms with Crippen LogP contribution in [0.2, 0.25) is 0 Å². The normalized spacial score (nSPS) is 10.7. The first-order chi connectivity index (χ1) is 13.3. The van der Waals surface area contributed by atoms with Gasteiger partial charge >= 0.3 is 5.97 Å². The number of nitrogens with one attached hydrogen (secondary N) is 1. The fourth-order valence-corrected chi connectivity index (χ4v) is 2.65. The molecule has 0 atom stereocenters.